The molecule has 150 valence electrons. The van der Waals surface area contributed by atoms with Crippen LogP contribution in [0.3, 0.4) is 0 Å². The van der Waals surface area contributed by atoms with E-state index >= 15 is 0 Å². The van der Waals surface area contributed by atoms with Gasteiger partial charge in [-0.15, -0.1) is 9.19 Å². The lowest BCUT2D eigenvalue weighted by Crippen LogP contribution is -2.28. The number of aromatic nitrogens is 3. The molecule has 1 fully saturated rings. The second-order valence-electron chi connectivity index (χ2n) is 7.76. The van der Waals surface area contributed by atoms with E-state index in [4.69, 9.17) is 0 Å². The van der Waals surface area contributed by atoms with E-state index in [0.717, 1.165) is 40.9 Å². The fraction of sp³-hybridized carbons (Fsp3) is 0.526. The highest BCUT2D eigenvalue weighted by Gasteiger charge is 2.36. The molecular formula is C19H22BrN3O4S. The monoisotopic (exact) mass is 467 g/mol. The smallest absolute Gasteiger partial charge is 0.285 e. The molecule has 2 aliphatic rings. The molecule has 1 unspecified atom stereocenters. The van der Waals surface area contributed by atoms with Crippen LogP contribution in [0.1, 0.15) is 68.2 Å². The second kappa shape index (κ2) is 7.03. The maximum atomic E-state index is 13.2. The molecule has 1 aromatic heterocycles. The van der Waals surface area contributed by atoms with Crippen LogP contribution in [0, 0.1) is 0 Å². The minimum absolute atomic E-state index is 0.0342. The van der Waals surface area contributed by atoms with Crippen molar-refractivity contribution >= 4 is 31.7 Å². The van der Waals surface area contributed by atoms with Gasteiger partial charge in [0.2, 0.25) is 0 Å². The summed E-state index contributed by atoms with van der Waals surface area (Å²) in [5, 5.41) is 18.6. The van der Waals surface area contributed by atoms with Crippen LogP contribution < -0.4 is 0 Å². The summed E-state index contributed by atoms with van der Waals surface area (Å²) in [4.78, 5) is 12.0. The van der Waals surface area contributed by atoms with Gasteiger partial charge in [0.1, 0.15) is 22.0 Å². The van der Waals surface area contributed by atoms with E-state index in [2.05, 4.69) is 26.2 Å². The third-order valence-electron chi connectivity index (χ3n) is 5.92. The standard InChI is InChI=1S/C19H22BrN3O4S/c1-12(24)14-6-5-13-9-16(20)17(10-15(13)14)28(26,27)23-11-18(21-22-23)19(25)7-3-2-4-8-19/h9-11,14,25H,2-8H2,1H3. The van der Waals surface area contributed by atoms with Gasteiger partial charge in [-0.3, -0.25) is 4.79 Å². The number of nitrogens with zero attached hydrogens (tertiary/aromatic N) is 3. The van der Waals surface area contributed by atoms with Gasteiger partial charge in [-0.05, 0) is 71.8 Å². The van der Waals surface area contributed by atoms with E-state index in [0.29, 0.717) is 23.7 Å². The number of aliphatic hydroxyl groups is 1. The van der Waals surface area contributed by atoms with E-state index in [1.165, 1.54) is 13.1 Å². The summed E-state index contributed by atoms with van der Waals surface area (Å²) in [7, 11) is -4.01. The summed E-state index contributed by atoms with van der Waals surface area (Å²) < 4.78 is 27.6. The molecule has 4 rings (SSSR count). The van der Waals surface area contributed by atoms with Gasteiger partial charge in [0.25, 0.3) is 10.0 Å². The molecule has 0 amide bonds. The van der Waals surface area contributed by atoms with Crippen molar-refractivity contribution in [1.82, 2.24) is 14.4 Å². The van der Waals surface area contributed by atoms with Crippen LogP contribution in [0.4, 0.5) is 0 Å². The highest BCUT2D eigenvalue weighted by Crippen LogP contribution is 2.39. The predicted octanol–water partition coefficient (Wildman–Crippen LogP) is 3.05. The highest BCUT2D eigenvalue weighted by molar-refractivity contribution is 9.10. The Bertz CT molecular complexity index is 1040. The molecule has 0 aliphatic heterocycles. The number of benzene rings is 1. The Kier molecular flexibility index (Phi) is 4.96. The van der Waals surface area contributed by atoms with Crippen LogP contribution in [-0.2, 0) is 26.8 Å². The van der Waals surface area contributed by atoms with Gasteiger partial charge in [0.05, 0.1) is 6.20 Å². The number of fused-ring (bicyclic) bond motifs is 1. The lowest BCUT2D eigenvalue weighted by atomic mass is 9.83. The van der Waals surface area contributed by atoms with Gasteiger partial charge in [-0.25, -0.2) is 0 Å². The number of halogens is 1. The van der Waals surface area contributed by atoms with Crippen molar-refractivity contribution in [1.29, 1.82) is 0 Å². The van der Waals surface area contributed by atoms with E-state index in [1.54, 1.807) is 12.1 Å². The molecule has 9 heteroatoms. The number of hydrogen-bond donors (Lipinski definition) is 1. The summed E-state index contributed by atoms with van der Waals surface area (Å²) in [6.07, 6.45) is 6.65. The Hall–Kier alpha value is -1.58. The summed E-state index contributed by atoms with van der Waals surface area (Å²) in [6.45, 7) is 1.53. The van der Waals surface area contributed by atoms with E-state index in [-0.39, 0.29) is 22.3 Å². The molecule has 1 aromatic carbocycles. The number of aryl methyl sites for hydroxylation is 1. The van der Waals surface area contributed by atoms with E-state index < -0.39 is 15.6 Å². The van der Waals surface area contributed by atoms with Gasteiger partial charge in [0.15, 0.2) is 0 Å². The van der Waals surface area contributed by atoms with E-state index in [1.807, 2.05) is 0 Å². The number of carbonyl (C=O) groups excluding carboxylic acids is 1. The molecule has 1 heterocycles. The molecule has 0 saturated heterocycles. The Morgan fingerprint density at radius 3 is 2.68 bits per heavy atom. The summed E-state index contributed by atoms with van der Waals surface area (Å²) >= 11 is 3.36. The van der Waals surface area contributed by atoms with Crippen molar-refractivity contribution in [3.63, 3.8) is 0 Å². The SMILES string of the molecule is CC(=O)C1CCc2cc(Br)c(S(=O)(=O)n3cc(C4(O)CCCCC4)nn3)cc21. The van der Waals surface area contributed by atoms with Crippen molar-refractivity contribution in [3.05, 3.63) is 39.6 Å². The Labute approximate surface area is 172 Å². The predicted molar refractivity (Wildman–Crippen MR) is 105 cm³/mol. The van der Waals surface area contributed by atoms with Gasteiger partial charge in [0, 0.05) is 10.4 Å². The van der Waals surface area contributed by atoms with Crippen molar-refractivity contribution < 1.29 is 18.3 Å². The molecule has 0 bridgehead atoms. The first-order valence-corrected chi connectivity index (χ1v) is 11.7. The van der Waals surface area contributed by atoms with Gasteiger partial charge in [-0.1, -0.05) is 24.5 Å². The zero-order chi connectivity index (χ0) is 20.1. The number of carbonyl (C=O) groups is 1. The first-order valence-electron chi connectivity index (χ1n) is 9.46. The lowest BCUT2D eigenvalue weighted by Gasteiger charge is -2.29. The van der Waals surface area contributed by atoms with Crippen LogP contribution in [-0.4, -0.2) is 33.7 Å². The van der Waals surface area contributed by atoms with Crippen LogP contribution in [0.25, 0.3) is 0 Å². The lowest BCUT2D eigenvalue weighted by molar-refractivity contribution is -0.118. The molecule has 1 atom stereocenters. The quantitative estimate of drug-likeness (QED) is 0.740. The second-order valence-corrected chi connectivity index (χ2v) is 10.4. The average Bonchev–Trinajstić information content (AvgIpc) is 3.29. The van der Waals surface area contributed by atoms with Crippen LogP contribution in [0.15, 0.2) is 27.7 Å². The largest absolute Gasteiger partial charge is 0.383 e. The van der Waals surface area contributed by atoms with Crippen molar-refractivity contribution in [3.8, 4) is 0 Å². The first-order chi connectivity index (χ1) is 13.2. The zero-order valence-electron chi connectivity index (χ0n) is 15.6. The van der Waals surface area contributed by atoms with Crippen molar-refractivity contribution in [2.24, 2.45) is 0 Å². The van der Waals surface area contributed by atoms with E-state index in [9.17, 15) is 18.3 Å². The topological polar surface area (TPSA) is 102 Å². The molecule has 2 aliphatic carbocycles. The molecule has 0 spiro atoms. The van der Waals surface area contributed by atoms with Crippen LogP contribution >= 0.6 is 15.9 Å². The number of Topliss-reactive ketones (excluding diaryl/α,β-unsaturated/α-hetero) is 1. The maximum absolute atomic E-state index is 13.2. The van der Waals surface area contributed by atoms with Crippen LogP contribution in [0.2, 0.25) is 0 Å². The Morgan fingerprint density at radius 1 is 1.29 bits per heavy atom. The van der Waals surface area contributed by atoms with Crippen molar-refractivity contribution in [2.75, 3.05) is 0 Å². The fourth-order valence-electron chi connectivity index (χ4n) is 4.30. The molecule has 28 heavy (non-hydrogen) atoms. The van der Waals surface area contributed by atoms with Gasteiger partial charge in [-0.2, -0.15) is 8.42 Å². The summed E-state index contributed by atoms with van der Waals surface area (Å²) in [5.74, 6) is -0.238. The minimum Gasteiger partial charge on any atom is -0.383 e. The molecule has 0 radical (unpaired) electrons. The average molecular weight is 468 g/mol. The highest BCUT2D eigenvalue weighted by atomic mass is 79.9. The minimum atomic E-state index is -4.01. The number of hydrogen-bond acceptors (Lipinski definition) is 6. The molecular weight excluding hydrogens is 446 g/mol. The molecule has 1 N–H and O–H groups in total. The van der Waals surface area contributed by atoms with Gasteiger partial charge >= 0.3 is 0 Å². The summed E-state index contributed by atoms with van der Waals surface area (Å²) in [5.41, 5.74) is 0.915. The third-order valence-corrected chi connectivity index (χ3v) is 8.40. The van der Waals surface area contributed by atoms with Crippen molar-refractivity contribution in [2.45, 2.75) is 68.3 Å². The summed E-state index contributed by atoms with van der Waals surface area (Å²) in [6, 6.07) is 3.35. The maximum Gasteiger partial charge on any atom is 0.285 e. The van der Waals surface area contributed by atoms with Crippen LogP contribution in [0.5, 0.6) is 0 Å². The fourth-order valence-corrected chi connectivity index (χ4v) is 6.46. The normalized spacial score (nSPS) is 21.5. The molecule has 7 nitrogen and oxygen atoms in total. The third kappa shape index (κ3) is 3.23. The Morgan fingerprint density at radius 2 is 2.00 bits per heavy atom. The van der Waals surface area contributed by atoms with Gasteiger partial charge < -0.3 is 5.11 Å². The zero-order valence-corrected chi connectivity index (χ0v) is 18.0. The first kappa shape index (κ1) is 19.7. The Balaban J connectivity index is 1.74. The number of rotatable bonds is 4. The molecule has 1 saturated carbocycles. The molecule has 2 aromatic rings. The number of ketones is 1.